The van der Waals surface area contributed by atoms with Gasteiger partial charge in [0.05, 0.1) is 0 Å². The summed E-state index contributed by atoms with van der Waals surface area (Å²) in [4.78, 5) is 28.2. The third-order valence-electron chi connectivity index (χ3n) is 5.59. The Morgan fingerprint density at radius 2 is 1.68 bits per heavy atom. The standard InChI is InChI=1S/C28H31ClN2O3/c1-4-30-28(33)26(17-22-8-6-5-7-9-22)31(18-23-12-10-20(2)11-13-23)27(32)19-34-24-14-15-25(29)21(3)16-24/h5-16,26H,4,17-19H2,1-3H3,(H,30,33)/t26-/m0/s1. The minimum Gasteiger partial charge on any atom is -0.484 e. The third kappa shape index (κ3) is 7.09. The number of benzene rings is 3. The van der Waals surface area contributed by atoms with Crippen molar-refractivity contribution >= 4 is 23.4 Å². The zero-order valence-electron chi connectivity index (χ0n) is 19.9. The molecule has 0 aliphatic carbocycles. The summed E-state index contributed by atoms with van der Waals surface area (Å²) >= 11 is 6.10. The molecule has 5 nitrogen and oxygen atoms in total. The fourth-order valence-electron chi connectivity index (χ4n) is 3.67. The van der Waals surface area contributed by atoms with Gasteiger partial charge in [0.2, 0.25) is 5.91 Å². The van der Waals surface area contributed by atoms with Crippen LogP contribution >= 0.6 is 11.6 Å². The van der Waals surface area contributed by atoms with Gasteiger partial charge in [0.1, 0.15) is 11.8 Å². The van der Waals surface area contributed by atoms with Crippen molar-refractivity contribution in [2.24, 2.45) is 0 Å². The minimum absolute atomic E-state index is 0.183. The van der Waals surface area contributed by atoms with E-state index in [1.165, 1.54) is 0 Å². The number of nitrogens with zero attached hydrogens (tertiary/aromatic N) is 1. The van der Waals surface area contributed by atoms with Crippen LogP contribution in [0.4, 0.5) is 0 Å². The van der Waals surface area contributed by atoms with Crippen molar-refractivity contribution in [1.82, 2.24) is 10.2 Å². The molecule has 6 heteroatoms. The molecule has 0 aliphatic rings. The maximum absolute atomic E-state index is 13.5. The summed E-state index contributed by atoms with van der Waals surface area (Å²) in [5.41, 5.74) is 3.93. The number of hydrogen-bond donors (Lipinski definition) is 1. The van der Waals surface area contributed by atoms with E-state index >= 15 is 0 Å². The van der Waals surface area contributed by atoms with Gasteiger partial charge in [0, 0.05) is 24.5 Å². The van der Waals surface area contributed by atoms with Crippen molar-refractivity contribution in [3.05, 3.63) is 100 Å². The molecule has 0 saturated heterocycles. The average molecular weight is 479 g/mol. The summed E-state index contributed by atoms with van der Waals surface area (Å²) in [5, 5.41) is 3.53. The molecule has 1 N–H and O–H groups in total. The Morgan fingerprint density at radius 1 is 0.971 bits per heavy atom. The molecule has 34 heavy (non-hydrogen) atoms. The quantitative estimate of drug-likeness (QED) is 0.440. The minimum atomic E-state index is -0.674. The van der Waals surface area contributed by atoms with Gasteiger partial charge in [0.25, 0.3) is 5.91 Å². The molecular formula is C28H31ClN2O3. The van der Waals surface area contributed by atoms with Crippen molar-refractivity contribution in [3.63, 3.8) is 0 Å². The monoisotopic (exact) mass is 478 g/mol. The molecule has 3 aromatic rings. The Kier molecular flexibility index (Phi) is 9.11. The van der Waals surface area contributed by atoms with Gasteiger partial charge in [0.15, 0.2) is 6.61 Å². The second kappa shape index (κ2) is 12.2. The predicted molar refractivity (Wildman–Crippen MR) is 136 cm³/mol. The van der Waals surface area contributed by atoms with Crippen molar-refractivity contribution in [1.29, 1.82) is 0 Å². The Morgan fingerprint density at radius 3 is 2.32 bits per heavy atom. The molecule has 0 bridgehead atoms. The van der Waals surface area contributed by atoms with Crippen molar-refractivity contribution in [3.8, 4) is 5.75 Å². The van der Waals surface area contributed by atoms with Crippen LogP contribution in [0.25, 0.3) is 0 Å². The molecular weight excluding hydrogens is 448 g/mol. The van der Waals surface area contributed by atoms with Crippen LogP contribution in [0.3, 0.4) is 0 Å². The fourth-order valence-corrected chi connectivity index (χ4v) is 3.79. The normalized spacial score (nSPS) is 11.5. The molecule has 0 aliphatic heterocycles. The van der Waals surface area contributed by atoms with Gasteiger partial charge in [-0.2, -0.15) is 0 Å². The molecule has 0 spiro atoms. The van der Waals surface area contributed by atoms with E-state index in [1.54, 1.807) is 23.1 Å². The molecule has 0 fully saturated rings. The smallest absolute Gasteiger partial charge is 0.261 e. The van der Waals surface area contributed by atoms with Gasteiger partial charge in [-0.1, -0.05) is 71.8 Å². The van der Waals surface area contributed by atoms with E-state index < -0.39 is 6.04 Å². The Labute approximate surface area is 206 Å². The molecule has 0 saturated carbocycles. The van der Waals surface area contributed by atoms with E-state index in [0.29, 0.717) is 30.3 Å². The summed E-state index contributed by atoms with van der Waals surface area (Å²) in [7, 11) is 0. The summed E-state index contributed by atoms with van der Waals surface area (Å²) in [5.74, 6) is 0.109. The van der Waals surface area contributed by atoms with Gasteiger partial charge >= 0.3 is 0 Å². The summed E-state index contributed by atoms with van der Waals surface area (Å²) < 4.78 is 5.80. The molecule has 0 aromatic heterocycles. The molecule has 0 heterocycles. The van der Waals surface area contributed by atoms with Gasteiger partial charge in [-0.3, -0.25) is 9.59 Å². The van der Waals surface area contributed by atoms with Crippen LogP contribution in [0.1, 0.15) is 29.2 Å². The van der Waals surface area contributed by atoms with Crippen LogP contribution in [-0.2, 0) is 22.6 Å². The number of amides is 2. The molecule has 0 unspecified atom stereocenters. The first-order chi connectivity index (χ1) is 16.4. The van der Waals surface area contributed by atoms with E-state index in [2.05, 4.69) is 5.32 Å². The van der Waals surface area contributed by atoms with Crippen molar-refractivity contribution < 1.29 is 14.3 Å². The van der Waals surface area contributed by atoms with Gasteiger partial charge in [-0.05, 0) is 55.7 Å². The number of hydrogen-bond acceptors (Lipinski definition) is 3. The lowest BCUT2D eigenvalue weighted by atomic mass is 10.0. The third-order valence-corrected chi connectivity index (χ3v) is 6.01. The highest BCUT2D eigenvalue weighted by Gasteiger charge is 2.30. The molecule has 178 valence electrons. The van der Waals surface area contributed by atoms with E-state index in [4.69, 9.17) is 16.3 Å². The van der Waals surface area contributed by atoms with Crippen LogP contribution < -0.4 is 10.1 Å². The summed E-state index contributed by atoms with van der Waals surface area (Å²) in [6.07, 6.45) is 0.407. The van der Waals surface area contributed by atoms with Crippen molar-refractivity contribution in [2.45, 2.75) is 39.8 Å². The lowest BCUT2D eigenvalue weighted by molar-refractivity contribution is -0.142. The topological polar surface area (TPSA) is 58.6 Å². The molecule has 2 amide bonds. The fraction of sp³-hybridized carbons (Fsp3) is 0.286. The van der Waals surface area contributed by atoms with Gasteiger partial charge in [-0.25, -0.2) is 0 Å². The highest BCUT2D eigenvalue weighted by Crippen LogP contribution is 2.22. The summed E-state index contributed by atoms with van der Waals surface area (Å²) in [6, 6.07) is 22.3. The van der Waals surface area contributed by atoms with Gasteiger partial charge < -0.3 is 15.0 Å². The number of likely N-dealkylation sites (N-methyl/N-ethyl adjacent to an activating group) is 1. The first-order valence-electron chi connectivity index (χ1n) is 11.4. The molecule has 3 rings (SSSR count). The molecule has 3 aromatic carbocycles. The highest BCUT2D eigenvalue weighted by molar-refractivity contribution is 6.31. The lowest BCUT2D eigenvalue weighted by Crippen LogP contribution is -2.51. The maximum Gasteiger partial charge on any atom is 0.261 e. The van der Waals surface area contributed by atoms with Crippen molar-refractivity contribution in [2.75, 3.05) is 13.2 Å². The van der Waals surface area contributed by atoms with Crippen LogP contribution in [0.2, 0.25) is 5.02 Å². The van der Waals surface area contributed by atoms with E-state index in [-0.39, 0.29) is 18.4 Å². The molecule has 0 radical (unpaired) electrons. The largest absolute Gasteiger partial charge is 0.484 e. The maximum atomic E-state index is 13.5. The van der Waals surface area contributed by atoms with E-state index in [0.717, 1.165) is 22.3 Å². The van der Waals surface area contributed by atoms with E-state index in [9.17, 15) is 9.59 Å². The second-order valence-electron chi connectivity index (χ2n) is 8.31. The summed E-state index contributed by atoms with van der Waals surface area (Å²) in [6.45, 7) is 6.37. The van der Waals surface area contributed by atoms with Gasteiger partial charge in [-0.15, -0.1) is 0 Å². The van der Waals surface area contributed by atoms with Crippen LogP contribution in [0, 0.1) is 13.8 Å². The highest BCUT2D eigenvalue weighted by atomic mass is 35.5. The van der Waals surface area contributed by atoms with E-state index in [1.807, 2.05) is 75.4 Å². The second-order valence-corrected chi connectivity index (χ2v) is 8.71. The number of nitrogens with one attached hydrogen (secondary N) is 1. The zero-order chi connectivity index (χ0) is 24.5. The number of carbonyl (C=O) groups excluding carboxylic acids is 2. The Bertz CT molecular complexity index is 1100. The SMILES string of the molecule is CCNC(=O)[C@H](Cc1ccccc1)N(Cc1ccc(C)cc1)C(=O)COc1ccc(Cl)c(C)c1. The number of halogens is 1. The predicted octanol–water partition coefficient (Wildman–Crippen LogP) is 5.11. The van der Waals surface area contributed by atoms with Crippen LogP contribution in [0.5, 0.6) is 5.75 Å². The number of rotatable bonds is 10. The first-order valence-corrected chi connectivity index (χ1v) is 11.8. The van der Waals surface area contributed by atoms with Crippen LogP contribution in [-0.4, -0.2) is 35.9 Å². The number of ether oxygens (including phenoxy) is 1. The van der Waals surface area contributed by atoms with Crippen LogP contribution in [0.15, 0.2) is 72.8 Å². The molecule has 1 atom stereocenters. The Hall–Kier alpha value is -3.31. The Balaban J connectivity index is 1.88. The zero-order valence-corrected chi connectivity index (χ0v) is 20.6. The first kappa shape index (κ1) is 25.3. The number of carbonyl (C=O) groups is 2. The lowest BCUT2D eigenvalue weighted by Gasteiger charge is -2.31. The average Bonchev–Trinajstić information content (AvgIpc) is 2.84. The number of aryl methyl sites for hydroxylation is 2.